The number of aliphatic hydroxyl groups excluding tert-OH is 1. The third kappa shape index (κ3) is 2.76. The lowest BCUT2D eigenvalue weighted by molar-refractivity contribution is 0.134. The van der Waals surface area contributed by atoms with Gasteiger partial charge in [0.05, 0.1) is 18.2 Å². The summed E-state index contributed by atoms with van der Waals surface area (Å²) in [5.41, 5.74) is 3.07. The fourth-order valence-electron chi connectivity index (χ4n) is 3.05. The van der Waals surface area contributed by atoms with Gasteiger partial charge in [-0.25, -0.2) is 0 Å². The number of hydrogen-bond acceptors (Lipinski definition) is 3. The highest BCUT2D eigenvalue weighted by atomic mass is 35.5. The molecule has 0 amide bonds. The zero-order valence-corrected chi connectivity index (χ0v) is 12.7. The third-order valence-corrected chi connectivity index (χ3v) is 4.43. The van der Waals surface area contributed by atoms with Crippen molar-refractivity contribution >= 4 is 11.6 Å². The predicted octanol–water partition coefficient (Wildman–Crippen LogP) is 3.90. The second-order valence-corrected chi connectivity index (χ2v) is 5.79. The molecule has 0 saturated heterocycles. The standard InChI is InChI=1S/C17H18ClNO2/c1-21-15-8-7-12(10-14(15)18)17(20)13-6-2-4-11-5-3-9-19-16(11)13/h3,5,7-10,13,17,20H,2,4,6H2,1H3. The summed E-state index contributed by atoms with van der Waals surface area (Å²) in [5.74, 6) is 0.647. The Morgan fingerprint density at radius 1 is 1.38 bits per heavy atom. The number of benzene rings is 1. The molecule has 1 aromatic carbocycles. The summed E-state index contributed by atoms with van der Waals surface area (Å²) in [6.45, 7) is 0. The lowest BCUT2D eigenvalue weighted by atomic mass is 9.81. The molecule has 0 aliphatic heterocycles. The monoisotopic (exact) mass is 303 g/mol. The smallest absolute Gasteiger partial charge is 0.137 e. The molecule has 1 N–H and O–H groups in total. The van der Waals surface area contributed by atoms with Crippen molar-refractivity contribution in [2.24, 2.45) is 0 Å². The van der Waals surface area contributed by atoms with Crippen LogP contribution in [-0.4, -0.2) is 17.2 Å². The summed E-state index contributed by atoms with van der Waals surface area (Å²) >= 11 is 6.16. The summed E-state index contributed by atoms with van der Waals surface area (Å²) in [5, 5.41) is 11.3. The van der Waals surface area contributed by atoms with Crippen molar-refractivity contribution in [1.29, 1.82) is 0 Å². The Morgan fingerprint density at radius 3 is 3.00 bits per heavy atom. The quantitative estimate of drug-likeness (QED) is 0.935. The Balaban J connectivity index is 1.92. The first-order chi connectivity index (χ1) is 10.2. The topological polar surface area (TPSA) is 42.4 Å². The normalized spacial score (nSPS) is 18.9. The number of aromatic nitrogens is 1. The third-order valence-electron chi connectivity index (χ3n) is 4.14. The van der Waals surface area contributed by atoms with Gasteiger partial charge in [-0.2, -0.15) is 0 Å². The van der Waals surface area contributed by atoms with Crippen LogP contribution in [0.2, 0.25) is 5.02 Å². The Hall–Kier alpha value is -1.58. The molecule has 2 atom stereocenters. The lowest BCUT2D eigenvalue weighted by Gasteiger charge is -2.28. The maximum Gasteiger partial charge on any atom is 0.137 e. The van der Waals surface area contributed by atoms with Crippen LogP contribution < -0.4 is 4.74 Å². The molecule has 110 valence electrons. The molecular weight excluding hydrogens is 286 g/mol. The van der Waals surface area contributed by atoms with Crippen LogP contribution in [0.25, 0.3) is 0 Å². The molecule has 21 heavy (non-hydrogen) atoms. The van der Waals surface area contributed by atoms with Gasteiger partial charge in [0.15, 0.2) is 0 Å². The van der Waals surface area contributed by atoms with Crippen molar-refractivity contribution in [2.45, 2.75) is 31.3 Å². The van der Waals surface area contributed by atoms with Crippen molar-refractivity contribution in [3.8, 4) is 5.75 Å². The van der Waals surface area contributed by atoms with E-state index in [1.54, 1.807) is 25.4 Å². The van der Waals surface area contributed by atoms with Gasteiger partial charge in [0, 0.05) is 17.8 Å². The van der Waals surface area contributed by atoms with Crippen molar-refractivity contribution in [2.75, 3.05) is 7.11 Å². The highest BCUT2D eigenvalue weighted by Gasteiger charge is 2.29. The number of rotatable bonds is 3. The van der Waals surface area contributed by atoms with Gasteiger partial charge in [-0.3, -0.25) is 4.98 Å². The molecule has 1 aromatic heterocycles. The largest absolute Gasteiger partial charge is 0.495 e. The van der Waals surface area contributed by atoms with E-state index >= 15 is 0 Å². The zero-order chi connectivity index (χ0) is 14.8. The number of aliphatic hydroxyl groups is 1. The molecule has 3 rings (SSSR count). The van der Waals surface area contributed by atoms with E-state index in [1.807, 2.05) is 12.1 Å². The Bertz CT molecular complexity index is 644. The first-order valence-electron chi connectivity index (χ1n) is 7.16. The first kappa shape index (κ1) is 14.4. The van der Waals surface area contributed by atoms with Crippen molar-refractivity contribution < 1.29 is 9.84 Å². The number of ether oxygens (including phenoxy) is 1. The van der Waals surface area contributed by atoms with E-state index in [0.717, 1.165) is 30.5 Å². The molecule has 1 heterocycles. The maximum atomic E-state index is 10.7. The molecular formula is C17H18ClNO2. The second kappa shape index (κ2) is 6.04. The van der Waals surface area contributed by atoms with E-state index in [1.165, 1.54) is 5.56 Å². The molecule has 3 nitrogen and oxygen atoms in total. The SMILES string of the molecule is COc1ccc(C(O)C2CCCc3cccnc32)cc1Cl. The van der Waals surface area contributed by atoms with Crippen LogP contribution in [0.3, 0.4) is 0 Å². The van der Waals surface area contributed by atoms with Crippen LogP contribution >= 0.6 is 11.6 Å². The molecule has 1 aliphatic rings. The summed E-state index contributed by atoms with van der Waals surface area (Å²) in [6.07, 6.45) is 4.25. The van der Waals surface area contributed by atoms with E-state index in [2.05, 4.69) is 11.1 Å². The van der Waals surface area contributed by atoms with E-state index in [-0.39, 0.29) is 5.92 Å². The zero-order valence-electron chi connectivity index (χ0n) is 11.9. The summed E-state index contributed by atoms with van der Waals surface area (Å²) in [7, 11) is 1.58. The molecule has 4 heteroatoms. The van der Waals surface area contributed by atoms with Gasteiger partial charge in [-0.05, 0) is 48.6 Å². The predicted molar refractivity (Wildman–Crippen MR) is 82.9 cm³/mol. The van der Waals surface area contributed by atoms with Gasteiger partial charge in [0.1, 0.15) is 5.75 Å². The van der Waals surface area contributed by atoms with Crippen LogP contribution in [-0.2, 0) is 6.42 Å². The molecule has 2 unspecified atom stereocenters. The van der Waals surface area contributed by atoms with E-state index in [9.17, 15) is 5.11 Å². The highest BCUT2D eigenvalue weighted by Crippen LogP contribution is 2.40. The minimum atomic E-state index is -0.595. The van der Waals surface area contributed by atoms with E-state index in [4.69, 9.17) is 16.3 Å². The minimum absolute atomic E-state index is 0.0272. The molecule has 0 saturated carbocycles. The van der Waals surface area contributed by atoms with Crippen molar-refractivity contribution in [3.63, 3.8) is 0 Å². The Labute approximate surface area is 129 Å². The second-order valence-electron chi connectivity index (χ2n) is 5.39. The van der Waals surface area contributed by atoms with Crippen LogP contribution in [0.4, 0.5) is 0 Å². The van der Waals surface area contributed by atoms with Gasteiger partial charge in [0.2, 0.25) is 0 Å². The average molecular weight is 304 g/mol. The number of fused-ring (bicyclic) bond motifs is 1. The number of pyridine rings is 1. The summed E-state index contributed by atoms with van der Waals surface area (Å²) < 4.78 is 5.16. The van der Waals surface area contributed by atoms with Crippen molar-refractivity contribution in [3.05, 3.63) is 58.4 Å². The summed E-state index contributed by atoms with van der Waals surface area (Å²) in [6, 6.07) is 9.50. The molecule has 0 bridgehead atoms. The number of hydrogen-bond donors (Lipinski definition) is 1. The molecule has 0 radical (unpaired) electrons. The van der Waals surface area contributed by atoms with Crippen LogP contribution in [0.5, 0.6) is 5.75 Å². The number of nitrogens with zero attached hydrogens (tertiary/aromatic N) is 1. The lowest BCUT2D eigenvalue weighted by Crippen LogP contribution is -2.18. The van der Waals surface area contributed by atoms with Gasteiger partial charge in [0.25, 0.3) is 0 Å². The minimum Gasteiger partial charge on any atom is -0.495 e. The molecule has 0 fully saturated rings. The molecule has 1 aliphatic carbocycles. The fourth-order valence-corrected chi connectivity index (χ4v) is 3.32. The highest BCUT2D eigenvalue weighted by molar-refractivity contribution is 6.32. The van der Waals surface area contributed by atoms with Gasteiger partial charge in [-0.1, -0.05) is 23.7 Å². The van der Waals surface area contributed by atoms with Gasteiger partial charge in [-0.15, -0.1) is 0 Å². The van der Waals surface area contributed by atoms with E-state index < -0.39 is 6.10 Å². The molecule has 2 aromatic rings. The average Bonchev–Trinajstić information content (AvgIpc) is 2.53. The number of methoxy groups -OCH3 is 1. The van der Waals surface area contributed by atoms with E-state index in [0.29, 0.717) is 10.8 Å². The van der Waals surface area contributed by atoms with Crippen LogP contribution in [0.15, 0.2) is 36.5 Å². The summed E-state index contributed by atoms with van der Waals surface area (Å²) in [4.78, 5) is 4.49. The number of aryl methyl sites for hydroxylation is 1. The van der Waals surface area contributed by atoms with Gasteiger partial charge < -0.3 is 9.84 Å². The fraction of sp³-hybridized carbons (Fsp3) is 0.353. The Kier molecular flexibility index (Phi) is 4.13. The molecule has 0 spiro atoms. The van der Waals surface area contributed by atoms with Crippen LogP contribution in [0, 0.1) is 0 Å². The maximum absolute atomic E-state index is 10.7. The van der Waals surface area contributed by atoms with Crippen LogP contribution in [0.1, 0.15) is 41.7 Å². The van der Waals surface area contributed by atoms with Gasteiger partial charge >= 0.3 is 0 Å². The van der Waals surface area contributed by atoms with Crippen molar-refractivity contribution in [1.82, 2.24) is 4.98 Å². The first-order valence-corrected chi connectivity index (χ1v) is 7.54. The Morgan fingerprint density at radius 2 is 2.24 bits per heavy atom. The number of halogens is 1.